The van der Waals surface area contributed by atoms with Crippen molar-refractivity contribution in [3.05, 3.63) is 0 Å². The number of nitrogens with one attached hydrogen (secondary N) is 1. The summed E-state index contributed by atoms with van der Waals surface area (Å²) in [6.07, 6.45) is 2.68. The quantitative estimate of drug-likeness (QED) is 0.691. The summed E-state index contributed by atoms with van der Waals surface area (Å²) >= 11 is 0. The first kappa shape index (κ1) is 16.6. The van der Waals surface area contributed by atoms with Gasteiger partial charge in [0.15, 0.2) is 0 Å². The Morgan fingerprint density at radius 1 is 1.26 bits per heavy atom. The average Bonchev–Trinajstić information content (AvgIpc) is 2.81. The number of nitrogens with zero attached hydrogens (tertiary/aromatic N) is 2. The Hall–Kier alpha value is -0.410. The van der Waals surface area contributed by atoms with Crippen LogP contribution >= 0.6 is 12.4 Å². The van der Waals surface area contributed by atoms with E-state index in [2.05, 4.69) is 5.32 Å². The predicted octanol–water partition coefficient (Wildman–Crippen LogP) is -1.10. The van der Waals surface area contributed by atoms with Gasteiger partial charge in [0.2, 0.25) is 5.91 Å². The minimum atomic E-state index is -3.61. The van der Waals surface area contributed by atoms with Gasteiger partial charge < -0.3 is 10.2 Å². The number of hydrogen-bond donors (Lipinski definition) is 2. The van der Waals surface area contributed by atoms with Gasteiger partial charge in [-0.15, -0.1) is 12.4 Å². The first-order chi connectivity index (χ1) is 8.47. The molecule has 0 spiro atoms. The Labute approximate surface area is 120 Å². The third-order valence-corrected chi connectivity index (χ3v) is 4.62. The Morgan fingerprint density at radius 3 is 2.37 bits per heavy atom. The van der Waals surface area contributed by atoms with E-state index in [9.17, 15) is 13.2 Å². The molecule has 1 amide bonds. The fourth-order valence-corrected chi connectivity index (χ4v) is 3.14. The molecule has 2 rings (SSSR count). The summed E-state index contributed by atoms with van der Waals surface area (Å²) in [6.45, 7) is 2.44. The number of carbonyl (C=O) groups is 1. The second-order valence-corrected chi connectivity index (χ2v) is 6.37. The summed E-state index contributed by atoms with van der Waals surface area (Å²) < 4.78 is 23.5. The third kappa shape index (κ3) is 4.57. The lowest BCUT2D eigenvalue weighted by atomic mass is 10.1. The highest BCUT2D eigenvalue weighted by atomic mass is 35.5. The van der Waals surface area contributed by atoms with Gasteiger partial charge in [0.25, 0.3) is 10.2 Å². The van der Waals surface area contributed by atoms with Gasteiger partial charge in [-0.2, -0.15) is 12.7 Å². The van der Waals surface area contributed by atoms with Crippen LogP contribution in [0.15, 0.2) is 0 Å². The van der Waals surface area contributed by atoms with Crippen LogP contribution in [-0.4, -0.2) is 62.3 Å². The molecular weight excluding hydrogens is 292 g/mol. The van der Waals surface area contributed by atoms with E-state index in [4.69, 9.17) is 5.14 Å². The van der Waals surface area contributed by atoms with Crippen molar-refractivity contribution < 1.29 is 13.2 Å². The van der Waals surface area contributed by atoms with Gasteiger partial charge in [-0.05, 0) is 19.4 Å². The van der Waals surface area contributed by atoms with E-state index < -0.39 is 10.2 Å². The van der Waals surface area contributed by atoms with Gasteiger partial charge in [-0.3, -0.25) is 4.79 Å². The minimum Gasteiger partial charge on any atom is -0.340 e. The zero-order valence-corrected chi connectivity index (χ0v) is 12.4. The van der Waals surface area contributed by atoms with Crippen molar-refractivity contribution in [2.75, 3.05) is 32.7 Å². The highest BCUT2D eigenvalue weighted by molar-refractivity contribution is 7.86. The van der Waals surface area contributed by atoms with Gasteiger partial charge in [0, 0.05) is 38.6 Å². The molecule has 1 atom stereocenters. The van der Waals surface area contributed by atoms with Crippen LogP contribution in [0.4, 0.5) is 0 Å². The van der Waals surface area contributed by atoms with Crippen molar-refractivity contribution in [1.29, 1.82) is 0 Å². The van der Waals surface area contributed by atoms with Gasteiger partial charge in [0.05, 0.1) is 0 Å². The van der Waals surface area contributed by atoms with Crippen molar-refractivity contribution in [2.24, 2.45) is 5.14 Å². The molecule has 2 aliphatic rings. The van der Waals surface area contributed by atoms with Crippen molar-refractivity contribution in [1.82, 2.24) is 14.5 Å². The summed E-state index contributed by atoms with van der Waals surface area (Å²) in [4.78, 5) is 13.7. The van der Waals surface area contributed by atoms with E-state index in [1.807, 2.05) is 0 Å². The second-order valence-electron chi connectivity index (χ2n) is 4.82. The third-order valence-electron chi connectivity index (χ3n) is 3.53. The molecule has 2 aliphatic heterocycles. The zero-order valence-electron chi connectivity index (χ0n) is 10.7. The van der Waals surface area contributed by atoms with Crippen molar-refractivity contribution in [3.8, 4) is 0 Å². The number of rotatable bonds is 3. The van der Waals surface area contributed by atoms with E-state index in [0.29, 0.717) is 32.6 Å². The van der Waals surface area contributed by atoms with Crippen molar-refractivity contribution in [3.63, 3.8) is 0 Å². The molecule has 7 nitrogen and oxygen atoms in total. The lowest BCUT2D eigenvalue weighted by Gasteiger charge is -2.33. The fourth-order valence-electron chi connectivity index (χ4n) is 2.46. The molecule has 9 heteroatoms. The summed E-state index contributed by atoms with van der Waals surface area (Å²) in [7, 11) is -3.61. The standard InChI is InChI=1S/C10H20N4O3S.ClH/c11-18(16,17)14-6-4-13(5-7-14)10(15)8-9-2-1-3-12-9;/h9,12H,1-8H2,(H2,11,16,17);1H. The molecule has 0 radical (unpaired) electrons. The molecule has 0 aliphatic carbocycles. The van der Waals surface area contributed by atoms with Crippen LogP contribution in [0.5, 0.6) is 0 Å². The molecule has 0 saturated carbocycles. The first-order valence-electron chi connectivity index (χ1n) is 6.26. The molecule has 0 aromatic carbocycles. The van der Waals surface area contributed by atoms with Crippen LogP contribution in [0.3, 0.4) is 0 Å². The Kier molecular flexibility index (Phi) is 6.00. The summed E-state index contributed by atoms with van der Waals surface area (Å²) in [5, 5.41) is 8.33. The maximum Gasteiger partial charge on any atom is 0.277 e. The molecule has 19 heavy (non-hydrogen) atoms. The van der Waals surface area contributed by atoms with Crippen LogP contribution in [0, 0.1) is 0 Å². The second kappa shape index (κ2) is 6.85. The number of halogens is 1. The average molecular weight is 313 g/mol. The van der Waals surface area contributed by atoms with Gasteiger partial charge >= 0.3 is 0 Å². The van der Waals surface area contributed by atoms with Crippen LogP contribution in [-0.2, 0) is 15.0 Å². The number of amides is 1. The van der Waals surface area contributed by atoms with Crippen molar-refractivity contribution >= 4 is 28.5 Å². The summed E-state index contributed by atoms with van der Waals surface area (Å²) in [6, 6.07) is 0.286. The van der Waals surface area contributed by atoms with E-state index in [0.717, 1.165) is 19.4 Å². The Bertz CT molecular complexity index is 403. The molecule has 2 saturated heterocycles. The lowest BCUT2D eigenvalue weighted by Crippen LogP contribution is -2.52. The highest BCUT2D eigenvalue weighted by Crippen LogP contribution is 2.12. The molecule has 0 aromatic heterocycles. The number of carbonyl (C=O) groups excluding carboxylic acids is 1. The van der Waals surface area contributed by atoms with Crippen LogP contribution < -0.4 is 10.5 Å². The van der Waals surface area contributed by atoms with Crippen LogP contribution in [0.1, 0.15) is 19.3 Å². The van der Waals surface area contributed by atoms with E-state index >= 15 is 0 Å². The number of piperazine rings is 1. The molecule has 0 bridgehead atoms. The smallest absolute Gasteiger partial charge is 0.277 e. The van der Waals surface area contributed by atoms with Gasteiger partial charge in [0.1, 0.15) is 0 Å². The molecule has 112 valence electrons. The maximum absolute atomic E-state index is 12.0. The lowest BCUT2D eigenvalue weighted by molar-refractivity contribution is -0.132. The SMILES string of the molecule is Cl.NS(=O)(=O)N1CCN(C(=O)CC2CCCN2)CC1. The molecule has 2 heterocycles. The molecule has 3 N–H and O–H groups in total. The Balaban J connectivity index is 0.00000180. The normalized spacial score (nSPS) is 25.1. The highest BCUT2D eigenvalue weighted by Gasteiger charge is 2.28. The monoisotopic (exact) mass is 312 g/mol. The number of nitrogens with two attached hydrogens (primary N) is 1. The van der Waals surface area contributed by atoms with E-state index in [1.165, 1.54) is 4.31 Å². The minimum absolute atomic E-state index is 0. The molecular formula is C10H21ClN4O3S. The predicted molar refractivity (Wildman–Crippen MR) is 74.1 cm³/mol. The van der Waals surface area contributed by atoms with Crippen LogP contribution in [0.2, 0.25) is 0 Å². The Morgan fingerprint density at radius 2 is 1.89 bits per heavy atom. The van der Waals surface area contributed by atoms with E-state index in [-0.39, 0.29) is 24.4 Å². The zero-order chi connectivity index (χ0) is 13.2. The van der Waals surface area contributed by atoms with Gasteiger partial charge in [-0.1, -0.05) is 0 Å². The molecule has 1 unspecified atom stereocenters. The summed E-state index contributed by atoms with van der Waals surface area (Å²) in [5.41, 5.74) is 0. The first-order valence-corrected chi connectivity index (χ1v) is 7.76. The number of hydrogen-bond acceptors (Lipinski definition) is 4. The van der Waals surface area contributed by atoms with Crippen molar-refractivity contribution in [2.45, 2.75) is 25.3 Å². The molecule has 2 fully saturated rings. The van der Waals surface area contributed by atoms with Crippen LogP contribution in [0.25, 0.3) is 0 Å². The maximum atomic E-state index is 12.0. The van der Waals surface area contributed by atoms with Gasteiger partial charge in [-0.25, -0.2) is 5.14 Å². The van der Waals surface area contributed by atoms with E-state index in [1.54, 1.807) is 4.90 Å². The fraction of sp³-hybridized carbons (Fsp3) is 0.900. The summed E-state index contributed by atoms with van der Waals surface area (Å²) in [5.74, 6) is 0.100. The topological polar surface area (TPSA) is 95.7 Å². The molecule has 0 aromatic rings. The largest absolute Gasteiger partial charge is 0.340 e.